The number of fused-ring (bicyclic) bond motifs is 1. The molecule has 0 spiro atoms. The number of rotatable bonds is 10. The van der Waals surface area contributed by atoms with Crippen LogP contribution in [0.1, 0.15) is 74.6 Å². The van der Waals surface area contributed by atoms with Gasteiger partial charge in [0.25, 0.3) is 0 Å². The smallest absolute Gasteiger partial charge is 0.322 e. The maximum Gasteiger partial charge on any atom is 0.322 e. The lowest BCUT2D eigenvalue weighted by molar-refractivity contribution is 0.0698. The van der Waals surface area contributed by atoms with Gasteiger partial charge in [-0.3, -0.25) is 4.79 Å². The standard InChI is InChI=1S/C28H34ClN5O3/c29-24-15-20(8-9-22(24)25(35)10-7-18-5-6-18)23-17-31-34-26(23)32-28(37-21-3-1-2-4-21)33-27(34)30-16-19-11-13-36-14-12-19/h8-9,15,17-19,21H,1-7,10-14,16H2,(H,30,32,33). The third kappa shape index (κ3) is 5.75. The van der Waals surface area contributed by atoms with Gasteiger partial charge in [0.15, 0.2) is 11.4 Å². The van der Waals surface area contributed by atoms with Gasteiger partial charge in [-0.1, -0.05) is 30.5 Å². The summed E-state index contributed by atoms with van der Waals surface area (Å²) in [5, 5.41) is 8.57. The number of ether oxygens (including phenoxy) is 2. The third-order valence-electron chi connectivity index (χ3n) is 7.87. The number of nitrogens with one attached hydrogen (secondary N) is 1. The zero-order valence-electron chi connectivity index (χ0n) is 21.1. The van der Waals surface area contributed by atoms with Crippen LogP contribution in [0.15, 0.2) is 24.4 Å². The van der Waals surface area contributed by atoms with E-state index in [1.54, 1.807) is 10.7 Å². The molecule has 9 heteroatoms. The number of carbonyl (C=O) groups is 1. The average molecular weight is 524 g/mol. The van der Waals surface area contributed by atoms with Crippen LogP contribution >= 0.6 is 11.6 Å². The van der Waals surface area contributed by atoms with Gasteiger partial charge in [0.2, 0.25) is 5.95 Å². The van der Waals surface area contributed by atoms with Crippen LogP contribution in [0.4, 0.5) is 5.95 Å². The van der Waals surface area contributed by atoms with E-state index >= 15 is 0 Å². The van der Waals surface area contributed by atoms with Crippen LogP contribution in [0, 0.1) is 11.8 Å². The molecule has 8 nitrogen and oxygen atoms in total. The molecule has 1 saturated heterocycles. The lowest BCUT2D eigenvalue weighted by Gasteiger charge is -2.22. The van der Waals surface area contributed by atoms with E-state index in [-0.39, 0.29) is 11.9 Å². The molecule has 6 rings (SSSR count). The van der Waals surface area contributed by atoms with Crippen LogP contribution in [0.5, 0.6) is 6.01 Å². The summed E-state index contributed by atoms with van der Waals surface area (Å²) >= 11 is 6.61. The molecule has 2 saturated carbocycles. The first kappa shape index (κ1) is 24.6. The Hall–Kier alpha value is -2.71. The Balaban J connectivity index is 1.29. The van der Waals surface area contributed by atoms with Crippen LogP contribution in [-0.2, 0) is 4.74 Å². The van der Waals surface area contributed by atoms with Crippen molar-refractivity contribution in [2.75, 3.05) is 25.1 Å². The monoisotopic (exact) mass is 523 g/mol. The summed E-state index contributed by atoms with van der Waals surface area (Å²) in [5.74, 6) is 1.97. The molecule has 196 valence electrons. The molecule has 3 heterocycles. The van der Waals surface area contributed by atoms with E-state index < -0.39 is 0 Å². The molecule has 0 unspecified atom stereocenters. The highest BCUT2D eigenvalue weighted by Gasteiger charge is 2.24. The van der Waals surface area contributed by atoms with E-state index in [1.807, 2.05) is 18.2 Å². The predicted octanol–water partition coefficient (Wildman–Crippen LogP) is 5.98. The predicted molar refractivity (Wildman–Crippen MR) is 142 cm³/mol. The molecule has 1 N–H and O–H groups in total. The molecule has 3 fully saturated rings. The minimum absolute atomic E-state index is 0.109. The molecular weight excluding hydrogens is 490 g/mol. The minimum Gasteiger partial charge on any atom is -0.460 e. The van der Waals surface area contributed by atoms with Gasteiger partial charge in [0, 0.05) is 37.3 Å². The molecule has 2 aromatic heterocycles. The van der Waals surface area contributed by atoms with E-state index in [9.17, 15) is 4.79 Å². The highest BCUT2D eigenvalue weighted by Crippen LogP contribution is 2.35. The third-order valence-corrected chi connectivity index (χ3v) is 8.18. The summed E-state index contributed by atoms with van der Waals surface area (Å²) in [5.41, 5.74) is 2.92. The number of aromatic nitrogens is 4. The van der Waals surface area contributed by atoms with Crippen LogP contribution in [0.2, 0.25) is 5.02 Å². The number of hydrogen-bond acceptors (Lipinski definition) is 7. The van der Waals surface area contributed by atoms with Crippen LogP contribution < -0.4 is 10.1 Å². The lowest BCUT2D eigenvalue weighted by atomic mass is 10.0. The van der Waals surface area contributed by atoms with E-state index in [0.717, 1.165) is 68.9 Å². The summed E-state index contributed by atoms with van der Waals surface area (Å²) < 4.78 is 13.4. The minimum atomic E-state index is 0.109. The fourth-order valence-corrected chi connectivity index (χ4v) is 5.64. The number of benzene rings is 1. The molecule has 2 aliphatic carbocycles. The number of hydrogen-bond donors (Lipinski definition) is 1. The summed E-state index contributed by atoms with van der Waals surface area (Å²) in [6.07, 6.45) is 12.4. The summed E-state index contributed by atoms with van der Waals surface area (Å²) in [6, 6.07) is 5.98. The van der Waals surface area contributed by atoms with E-state index in [0.29, 0.717) is 40.5 Å². The molecular formula is C28H34ClN5O3. The highest BCUT2D eigenvalue weighted by molar-refractivity contribution is 6.34. The van der Waals surface area contributed by atoms with E-state index in [1.165, 1.54) is 25.7 Å². The molecule has 3 aromatic rings. The van der Waals surface area contributed by atoms with Crippen LogP contribution in [0.3, 0.4) is 0 Å². The van der Waals surface area contributed by atoms with Crippen molar-refractivity contribution in [1.82, 2.24) is 19.6 Å². The van der Waals surface area contributed by atoms with Crippen LogP contribution in [0.25, 0.3) is 16.8 Å². The van der Waals surface area contributed by atoms with Crippen LogP contribution in [-0.4, -0.2) is 51.2 Å². The van der Waals surface area contributed by atoms with E-state index in [2.05, 4.69) is 10.4 Å². The zero-order valence-corrected chi connectivity index (χ0v) is 21.9. The Morgan fingerprint density at radius 2 is 1.89 bits per heavy atom. The van der Waals surface area contributed by atoms with Crippen molar-refractivity contribution >= 4 is 29.0 Å². The van der Waals surface area contributed by atoms with Crippen molar-refractivity contribution in [3.8, 4) is 17.1 Å². The Kier molecular flexibility index (Phi) is 7.29. The van der Waals surface area contributed by atoms with E-state index in [4.69, 9.17) is 31.0 Å². The van der Waals surface area contributed by atoms with Gasteiger partial charge in [-0.05, 0) is 74.5 Å². The van der Waals surface area contributed by atoms with Gasteiger partial charge in [-0.15, -0.1) is 0 Å². The maximum atomic E-state index is 12.7. The van der Waals surface area contributed by atoms with Crippen molar-refractivity contribution in [2.24, 2.45) is 11.8 Å². The Morgan fingerprint density at radius 1 is 1.08 bits per heavy atom. The fraction of sp³-hybridized carbons (Fsp3) is 0.571. The topological polar surface area (TPSA) is 90.6 Å². The Morgan fingerprint density at radius 3 is 2.65 bits per heavy atom. The lowest BCUT2D eigenvalue weighted by Crippen LogP contribution is -2.24. The second-order valence-corrected chi connectivity index (χ2v) is 11.1. The summed E-state index contributed by atoms with van der Waals surface area (Å²) in [4.78, 5) is 22.2. The first-order valence-corrected chi connectivity index (χ1v) is 14.1. The fourth-order valence-electron chi connectivity index (χ4n) is 5.36. The quantitative estimate of drug-likeness (QED) is 0.327. The maximum absolute atomic E-state index is 12.7. The van der Waals surface area contributed by atoms with Gasteiger partial charge < -0.3 is 14.8 Å². The SMILES string of the molecule is O=C(CCC1CC1)c1ccc(-c2cnn3c(NCC4CCOCC4)nc(OC4CCCC4)nc23)cc1Cl. The van der Waals surface area contributed by atoms with Gasteiger partial charge in [0.05, 0.1) is 11.2 Å². The van der Waals surface area contributed by atoms with Crippen molar-refractivity contribution in [2.45, 2.75) is 70.3 Å². The average Bonchev–Trinajstić information content (AvgIpc) is 3.42. The van der Waals surface area contributed by atoms with Crippen molar-refractivity contribution in [3.05, 3.63) is 35.0 Å². The van der Waals surface area contributed by atoms with Crippen molar-refractivity contribution in [3.63, 3.8) is 0 Å². The number of ketones is 1. The molecule has 37 heavy (non-hydrogen) atoms. The first-order valence-electron chi connectivity index (χ1n) is 13.7. The Bertz CT molecular complexity index is 1260. The van der Waals surface area contributed by atoms with Crippen molar-refractivity contribution < 1.29 is 14.3 Å². The number of anilines is 1. The summed E-state index contributed by atoms with van der Waals surface area (Å²) in [6.45, 7) is 2.39. The number of Topliss-reactive ketones (excluding diaryl/α,β-unsaturated/α-hetero) is 1. The van der Waals surface area contributed by atoms with Gasteiger partial charge in [-0.25, -0.2) is 0 Å². The highest BCUT2D eigenvalue weighted by atomic mass is 35.5. The Labute approximate surface area is 222 Å². The van der Waals surface area contributed by atoms with Gasteiger partial charge in [-0.2, -0.15) is 19.6 Å². The first-order chi connectivity index (χ1) is 18.1. The number of carbonyl (C=O) groups excluding carboxylic acids is 1. The molecule has 1 aliphatic heterocycles. The molecule has 0 atom stereocenters. The van der Waals surface area contributed by atoms with Crippen molar-refractivity contribution in [1.29, 1.82) is 0 Å². The number of halogens is 1. The molecule has 3 aliphatic rings. The molecule has 0 bridgehead atoms. The van der Waals surface area contributed by atoms with Gasteiger partial charge in [0.1, 0.15) is 6.10 Å². The normalized spacial score (nSPS) is 18.9. The molecule has 0 radical (unpaired) electrons. The largest absolute Gasteiger partial charge is 0.460 e. The molecule has 1 aromatic carbocycles. The molecule has 0 amide bonds. The summed E-state index contributed by atoms with van der Waals surface area (Å²) in [7, 11) is 0. The second kappa shape index (κ2) is 11.0. The van der Waals surface area contributed by atoms with Gasteiger partial charge >= 0.3 is 6.01 Å². The zero-order chi connectivity index (χ0) is 25.2. The number of nitrogens with zero attached hydrogens (tertiary/aromatic N) is 4. The second-order valence-electron chi connectivity index (χ2n) is 10.7.